The minimum Gasteiger partial charge on any atom is -0.444 e. The molecule has 9 heteroatoms. The number of carbonyl (C=O) groups is 2. The molecule has 2 amide bonds. The van der Waals surface area contributed by atoms with Crippen molar-refractivity contribution in [2.75, 3.05) is 11.5 Å². The largest absolute Gasteiger partial charge is 0.444 e. The fourth-order valence-electron chi connectivity index (χ4n) is 2.52. The van der Waals surface area contributed by atoms with Crippen LogP contribution in [0.5, 0.6) is 0 Å². The Hall–Kier alpha value is -1.58. The molecule has 0 radical (unpaired) electrons. The maximum absolute atomic E-state index is 12.1. The van der Waals surface area contributed by atoms with Crippen LogP contribution in [0.1, 0.15) is 74.1 Å². The summed E-state index contributed by atoms with van der Waals surface area (Å²) in [6.45, 7) is 13.6. The van der Waals surface area contributed by atoms with Gasteiger partial charge in [0, 0.05) is 11.5 Å². The third-order valence-electron chi connectivity index (χ3n) is 4.15. The van der Waals surface area contributed by atoms with Gasteiger partial charge in [-0.1, -0.05) is 34.9 Å². The van der Waals surface area contributed by atoms with E-state index in [0.717, 1.165) is 25.7 Å². The summed E-state index contributed by atoms with van der Waals surface area (Å²) in [6.07, 6.45) is 9.99. The van der Waals surface area contributed by atoms with Crippen LogP contribution in [0.4, 0.5) is 4.79 Å². The van der Waals surface area contributed by atoms with E-state index in [0.29, 0.717) is 5.75 Å². The van der Waals surface area contributed by atoms with Gasteiger partial charge in [0.15, 0.2) is 0 Å². The van der Waals surface area contributed by atoms with Crippen LogP contribution in [0.25, 0.3) is 0 Å². The van der Waals surface area contributed by atoms with Gasteiger partial charge in [-0.3, -0.25) is 14.1 Å². The van der Waals surface area contributed by atoms with Crippen LogP contribution in [-0.2, 0) is 20.8 Å². The van der Waals surface area contributed by atoms with Gasteiger partial charge in [-0.2, -0.15) is 11.8 Å². The SMILES string of the molecule is CC(C)=CCC/C(C)=C/CC/C(C)=C/CSC[C@H](NC(=O)OC(C)(C)C)C(=O)NS(=O)O. The molecule has 0 aromatic carbocycles. The number of rotatable bonds is 13. The summed E-state index contributed by atoms with van der Waals surface area (Å²) in [5, 5.41) is 2.47. The standard InChI is InChI=1S/C23H40N2O5S2/c1-17(2)10-8-11-18(3)12-9-13-19(4)14-15-31-16-20(21(26)25-32(28)29)24-22(27)30-23(5,6)7/h10,12,14,20H,8-9,11,13,15-16H2,1-7H3,(H,24,27)(H,25,26)(H,28,29)/b18-12+,19-14+/t20-/m0/s1. The highest BCUT2D eigenvalue weighted by molar-refractivity contribution is 7.99. The zero-order chi connectivity index (χ0) is 24.7. The second-order valence-electron chi connectivity index (χ2n) is 8.91. The third-order valence-corrected chi connectivity index (χ3v) is 5.50. The van der Waals surface area contributed by atoms with Crippen molar-refractivity contribution in [3.05, 3.63) is 34.9 Å². The van der Waals surface area contributed by atoms with Crippen LogP contribution in [0.2, 0.25) is 0 Å². The van der Waals surface area contributed by atoms with Gasteiger partial charge in [-0.05, 0) is 74.1 Å². The van der Waals surface area contributed by atoms with Crippen molar-refractivity contribution in [2.24, 2.45) is 0 Å². The molecule has 0 aliphatic carbocycles. The zero-order valence-corrected chi connectivity index (χ0v) is 22.1. The minimum atomic E-state index is -2.50. The molecule has 0 aromatic rings. The molecule has 184 valence electrons. The predicted octanol–water partition coefficient (Wildman–Crippen LogP) is 5.29. The van der Waals surface area contributed by atoms with E-state index in [1.807, 2.05) is 4.72 Å². The summed E-state index contributed by atoms with van der Waals surface area (Å²) < 4.78 is 26.9. The monoisotopic (exact) mass is 488 g/mol. The van der Waals surface area contributed by atoms with E-state index in [1.165, 1.54) is 28.5 Å². The molecule has 7 nitrogen and oxygen atoms in total. The Labute approximate surface area is 200 Å². The van der Waals surface area contributed by atoms with Crippen molar-refractivity contribution in [3.63, 3.8) is 0 Å². The Balaban J connectivity index is 4.57. The molecular formula is C23H40N2O5S2. The van der Waals surface area contributed by atoms with Gasteiger partial charge in [0.2, 0.25) is 0 Å². The number of carbonyl (C=O) groups excluding carboxylic acids is 2. The average Bonchev–Trinajstić information content (AvgIpc) is 2.61. The number of hydrogen-bond donors (Lipinski definition) is 3. The van der Waals surface area contributed by atoms with Crippen LogP contribution in [0.3, 0.4) is 0 Å². The lowest BCUT2D eigenvalue weighted by Gasteiger charge is -2.22. The molecule has 0 saturated heterocycles. The molecule has 0 aromatic heterocycles. The number of hydrogen-bond acceptors (Lipinski definition) is 5. The van der Waals surface area contributed by atoms with Crippen molar-refractivity contribution < 1.29 is 23.1 Å². The van der Waals surface area contributed by atoms with Gasteiger partial charge in [-0.15, -0.1) is 0 Å². The van der Waals surface area contributed by atoms with Crippen LogP contribution in [0.15, 0.2) is 34.9 Å². The molecule has 1 unspecified atom stereocenters. The van der Waals surface area contributed by atoms with Crippen molar-refractivity contribution in [3.8, 4) is 0 Å². The van der Waals surface area contributed by atoms with E-state index >= 15 is 0 Å². The number of thioether (sulfide) groups is 1. The summed E-state index contributed by atoms with van der Waals surface area (Å²) in [5.74, 6) is 0.172. The van der Waals surface area contributed by atoms with Gasteiger partial charge >= 0.3 is 6.09 Å². The first-order valence-corrected chi connectivity index (χ1v) is 13.0. The number of nitrogens with one attached hydrogen (secondary N) is 2. The molecule has 0 fully saturated rings. The van der Waals surface area contributed by atoms with Crippen LogP contribution in [-0.4, -0.2) is 43.9 Å². The molecule has 0 spiro atoms. The number of amides is 2. The van der Waals surface area contributed by atoms with E-state index in [-0.39, 0.29) is 5.75 Å². The molecule has 0 saturated carbocycles. The lowest BCUT2D eigenvalue weighted by molar-refractivity contribution is -0.120. The van der Waals surface area contributed by atoms with Gasteiger partial charge in [0.05, 0.1) is 0 Å². The van der Waals surface area contributed by atoms with Crippen LogP contribution in [0, 0.1) is 0 Å². The van der Waals surface area contributed by atoms with E-state index in [1.54, 1.807) is 20.8 Å². The van der Waals surface area contributed by atoms with E-state index < -0.39 is 34.9 Å². The van der Waals surface area contributed by atoms with Crippen molar-refractivity contribution in [1.29, 1.82) is 0 Å². The normalized spacial score (nSPS) is 14.4. The van der Waals surface area contributed by atoms with Crippen molar-refractivity contribution in [1.82, 2.24) is 10.0 Å². The second-order valence-corrected chi connectivity index (χ2v) is 10.7. The molecule has 0 aliphatic heterocycles. The van der Waals surface area contributed by atoms with Gasteiger partial charge in [0.25, 0.3) is 17.2 Å². The Morgan fingerprint density at radius 2 is 1.59 bits per heavy atom. The zero-order valence-electron chi connectivity index (χ0n) is 20.4. The summed E-state index contributed by atoms with van der Waals surface area (Å²) >= 11 is -1.05. The van der Waals surface area contributed by atoms with E-state index in [9.17, 15) is 13.8 Å². The molecule has 0 bridgehead atoms. The molecule has 0 rings (SSSR count). The molecular weight excluding hydrogens is 448 g/mol. The molecule has 3 N–H and O–H groups in total. The molecule has 32 heavy (non-hydrogen) atoms. The van der Waals surface area contributed by atoms with Crippen LogP contribution >= 0.6 is 11.8 Å². The summed E-state index contributed by atoms with van der Waals surface area (Å²) in [5.41, 5.74) is 3.28. The Morgan fingerprint density at radius 1 is 1.03 bits per heavy atom. The number of ether oxygens (including phenoxy) is 1. The van der Waals surface area contributed by atoms with Gasteiger partial charge in [-0.25, -0.2) is 9.00 Å². The minimum absolute atomic E-state index is 0.245. The summed E-state index contributed by atoms with van der Waals surface area (Å²) in [7, 11) is 0. The number of alkyl carbamates (subject to hydrolysis) is 1. The lowest BCUT2D eigenvalue weighted by atomic mass is 10.1. The fraction of sp³-hybridized carbons (Fsp3) is 0.652. The first-order chi connectivity index (χ1) is 14.8. The summed E-state index contributed by atoms with van der Waals surface area (Å²) in [6, 6.07) is -0.981. The maximum Gasteiger partial charge on any atom is 0.408 e. The highest BCUT2D eigenvalue weighted by Crippen LogP contribution is 2.13. The number of allylic oxidation sites excluding steroid dienone is 5. The topological polar surface area (TPSA) is 105 Å². The average molecular weight is 489 g/mol. The molecule has 0 heterocycles. The van der Waals surface area contributed by atoms with E-state index in [2.05, 4.69) is 51.2 Å². The first kappa shape index (κ1) is 30.4. The second kappa shape index (κ2) is 16.1. The quantitative estimate of drug-likeness (QED) is 0.185. The Bertz CT molecular complexity index is 720. The predicted molar refractivity (Wildman–Crippen MR) is 135 cm³/mol. The van der Waals surface area contributed by atoms with E-state index in [4.69, 9.17) is 9.29 Å². The smallest absolute Gasteiger partial charge is 0.408 e. The molecule has 2 atom stereocenters. The first-order valence-electron chi connectivity index (χ1n) is 10.7. The third kappa shape index (κ3) is 18.0. The van der Waals surface area contributed by atoms with Crippen LogP contribution < -0.4 is 10.0 Å². The maximum atomic E-state index is 12.1. The highest BCUT2D eigenvalue weighted by atomic mass is 32.2. The fourth-order valence-corrected chi connectivity index (χ4v) is 3.84. The Kier molecular flexibility index (Phi) is 15.3. The molecule has 0 aliphatic rings. The van der Waals surface area contributed by atoms with Crippen molar-refractivity contribution >= 4 is 35.0 Å². The highest BCUT2D eigenvalue weighted by Gasteiger charge is 2.25. The van der Waals surface area contributed by atoms with Gasteiger partial charge in [0.1, 0.15) is 11.6 Å². The van der Waals surface area contributed by atoms with Gasteiger partial charge < -0.3 is 10.1 Å². The lowest BCUT2D eigenvalue weighted by Crippen LogP contribution is -2.49. The summed E-state index contributed by atoms with van der Waals surface area (Å²) in [4.78, 5) is 24.1. The Morgan fingerprint density at radius 3 is 2.12 bits per heavy atom. The van der Waals surface area contributed by atoms with Crippen molar-refractivity contribution in [2.45, 2.75) is 85.8 Å².